The molecule has 16 nitrogen and oxygen atoms in total. The summed E-state index contributed by atoms with van der Waals surface area (Å²) in [6, 6.07) is 59.0. The van der Waals surface area contributed by atoms with Crippen molar-refractivity contribution in [2.24, 2.45) is 12.0 Å². The third-order valence-corrected chi connectivity index (χ3v) is 23.6. The molecule has 0 fully saturated rings. The van der Waals surface area contributed by atoms with Gasteiger partial charge >= 0.3 is 0 Å². The number of furan rings is 1. The van der Waals surface area contributed by atoms with Gasteiger partial charge in [0.05, 0.1) is 67.3 Å². The number of ketones is 1. The summed E-state index contributed by atoms with van der Waals surface area (Å²) in [6.07, 6.45) is 4.79. The second kappa shape index (κ2) is 39.7. The average Bonchev–Trinajstić information content (AvgIpc) is 1.57. The molecule has 0 radical (unpaired) electrons. The lowest BCUT2D eigenvalue weighted by Gasteiger charge is -2.34. The summed E-state index contributed by atoms with van der Waals surface area (Å²) in [5.41, 5.74) is 27.4. The number of rotatable bonds is 1. The Bertz CT molecular complexity index is 5720. The van der Waals surface area contributed by atoms with E-state index in [1.54, 1.807) is 10.9 Å². The van der Waals surface area contributed by atoms with Gasteiger partial charge in [-0.15, -0.1) is 5.10 Å². The first-order valence-corrected chi connectivity index (χ1v) is 45.1. The Morgan fingerprint density at radius 3 is 1.48 bits per heavy atom. The van der Waals surface area contributed by atoms with Gasteiger partial charge < -0.3 is 47.2 Å². The summed E-state index contributed by atoms with van der Waals surface area (Å²) in [5.74, 6) is 3.27. The van der Waals surface area contributed by atoms with E-state index in [0.717, 1.165) is 106 Å². The molecule has 12 aromatic rings. The standard InChI is InChI=1S/C14H20O3.C13H17N.C13H16O2.C12H15NO.C12H16O2.2C12H16O.C12H14O.C11H15N3/c1-13(2,3)10-5-6-12-11(9-10)14(15,16-4)7-8-17-12;1-9-7-10-5-6-11(13(2,3)4)8-12(10)14-9;1-13(2,3)9-4-5-12-10(8-9)11(14)6-7-15-12;1-8-10-7-9(12(2,3)4)5-6-11(10)14-13-8;1-12(2,3)9-4-5-10-11(8-9)14-7-6-13-10;1-12(2,3)11-5-4-9-7-13-8-10(9)6-11;2*1-12(2,3)10-5-4-9-6-7-13-11(9)8-10;1-11(2,3)8-5-6-10-9(7-8)12-13-14(10)4/h5-6,9,15H,7-8H2,1-4H3;5-6,8H,7H2,1-4H3;4-5,8H,6-7H2,1-3H3;5-7H,1-4H3;4-5,8H,6-7H2,1-3H3;4-6H,7-8H2,1-3H3;4-5,8H,6-7H2,1-3H3;4-8H,1-3H3;5-7H,1-4H3. The molecule has 0 aliphatic carbocycles. The van der Waals surface area contributed by atoms with Crippen LogP contribution in [-0.2, 0) is 97.1 Å². The van der Waals surface area contributed by atoms with Crippen LogP contribution in [-0.4, -0.2) is 76.9 Å². The second-order valence-corrected chi connectivity index (χ2v) is 43.5. The zero-order chi connectivity index (χ0) is 93.4. The second-order valence-electron chi connectivity index (χ2n) is 43.5. The smallest absolute Gasteiger partial charge is 0.198 e. The fourth-order valence-corrected chi connectivity index (χ4v) is 14.8. The number of carbonyl (C=O) groups is 1. The average molecular weight is 1730 g/mol. The Morgan fingerprint density at radius 1 is 0.409 bits per heavy atom. The number of hydrogen-bond acceptors (Lipinski definition) is 15. The monoisotopic (exact) mass is 1720 g/mol. The molecule has 1 atom stereocenters. The van der Waals surface area contributed by atoms with Crippen molar-refractivity contribution < 1.29 is 52.0 Å². The van der Waals surface area contributed by atoms with E-state index in [4.69, 9.17) is 42.1 Å². The maximum atomic E-state index is 11.7. The van der Waals surface area contributed by atoms with Crippen molar-refractivity contribution >= 4 is 50.2 Å². The fourth-order valence-electron chi connectivity index (χ4n) is 14.8. The Hall–Kier alpha value is -10.4. The van der Waals surface area contributed by atoms with Gasteiger partial charge in [0.2, 0.25) is 0 Å². The van der Waals surface area contributed by atoms with E-state index in [9.17, 15) is 9.90 Å². The van der Waals surface area contributed by atoms with E-state index in [2.05, 4.69) is 330 Å². The summed E-state index contributed by atoms with van der Waals surface area (Å²) in [7, 11) is 3.44. The van der Waals surface area contributed by atoms with Crippen LogP contribution in [0, 0.1) is 6.92 Å². The third-order valence-electron chi connectivity index (χ3n) is 23.6. The number of carbonyl (C=O) groups excluding carboxylic acids is 1. The molecule has 9 aromatic carbocycles. The van der Waals surface area contributed by atoms with E-state index >= 15 is 0 Å². The summed E-state index contributed by atoms with van der Waals surface area (Å²) in [4.78, 5) is 16.2. The topological polar surface area (TPSA) is 184 Å². The molecule has 0 amide bonds. The van der Waals surface area contributed by atoms with E-state index in [0.29, 0.717) is 45.0 Å². The van der Waals surface area contributed by atoms with Crippen LogP contribution in [0.5, 0.6) is 28.7 Å². The van der Waals surface area contributed by atoms with E-state index in [1.807, 2.05) is 68.6 Å². The molecule has 680 valence electrons. The van der Waals surface area contributed by atoms with Crippen LogP contribution in [0.3, 0.4) is 0 Å². The number of Topliss-reactive ketones (excluding diaryl/α,β-unsaturated/α-hetero) is 1. The Balaban J connectivity index is 0.000000149. The highest BCUT2D eigenvalue weighted by Gasteiger charge is 2.37. The molecule has 0 spiro atoms. The van der Waals surface area contributed by atoms with Crippen molar-refractivity contribution in [3.05, 3.63) is 265 Å². The SMILES string of the molecule is CC(C)(C)c1ccc2c(c1)C(=O)CCO2.CC(C)(C)c1ccc2c(c1)COC2.CC(C)(C)c1ccc2c(c1)OCC2.CC(C)(C)c1ccc2c(c1)OCCO2.CC(C)(C)c1ccc2ccoc2c1.CC1=Nc2cc(C(C)(C)C)ccc2C1.COC1(O)CCOc2ccc(C(C)(C)C)cc21.Cc1noc2ccc(C(C)(C)C)cc12.Cn1nnc2cc(C(C)(C)C)ccc21. The number of hydrogen-bond donors (Lipinski definition) is 1. The van der Waals surface area contributed by atoms with Gasteiger partial charge in [-0.3, -0.25) is 9.79 Å². The number of aromatic nitrogens is 4. The van der Waals surface area contributed by atoms with Crippen molar-refractivity contribution in [3.63, 3.8) is 0 Å². The van der Waals surface area contributed by atoms with Gasteiger partial charge in [-0.05, 0) is 220 Å². The first-order valence-electron chi connectivity index (χ1n) is 45.1. The first-order chi connectivity index (χ1) is 59.1. The van der Waals surface area contributed by atoms with Gasteiger partial charge in [0.1, 0.15) is 41.6 Å². The van der Waals surface area contributed by atoms with Gasteiger partial charge in [-0.25, -0.2) is 4.68 Å². The minimum atomic E-state index is -1.21. The molecule has 1 unspecified atom stereocenters. The van der Waals surface area contributed by atoms with Gasteiger partial charge in [0.25, 0.3) is 0 Å². The number of nitrogens with zero attached hydrogens (tertiary/aromatic N) is 5. The van der Waals surface area contributed by atoms with Crippen LogP contribution in [0.25, 0.3) is 33.0 Å². The van der Waals surface area contributed by atoms with Crippen molar-refractivity contribution in [2.75, 3.05) is 40.1 Å². The molecule has 1 N–H and O–H groups in total. The van der Waals surface area contributed by atoms with Crippen LogP contribution in [0.4, 0.5) is 5.69 Å². The maximum absolute atomic E-state index is 11.7. The Kier molecular flexibility index (Phi) is 30.9. The van der Waals surface area contributed by atoms with Crippen molar-refractivity contribution in [1.82, 2.24) is 20.2 Å². The molecule has 6 aliphatic heterocycles. The number of fused-ring (bicyclic) bond motifs is 9. The molecular formula is C111H145N5O11. The van der Waals surface area contributed by atoms with Gasteiger partial charge in [-0.2, -0.15) is 0 Å². The molecule has 0 saturated heterocycles. The van der Waals surface area contributed by atoms with Crippen molar-refractivity contribution in [3.8, 4) is 28.7 Å². The van der Waals surface area contributed by atoms with E-state index < -0.39 is 5.79 Å². The molecule has 127 heavy (non-hydrogen) atoms. The van der Waals surface area contributed by atoms with Crippen molar-refractivity contribution in [1.29, 1.82) is 0 Å². The molecule has 16 heteroatoms. The summed E-state index contributed by atoms with van der Waals surface area (Å²) in [5, 5.41) is 24.8. The lowest BCUT2D eigenvalue weighted by atomic mass is 9.84. The van der Waals surface area contributed by atoms with Crippen LogP contribution in [0.1, 0.15) is 301 Å². The molecule has 9 heterocycles. The highest BCUT2D eigenvalue weighted by atomic mass is 16.6. The number of methoxy groups -OCH3 is 1. The van der Waals surface area contributed by atoms with Gasteiger partial charge in [-0.1, -0.05) is 282 Å². The number of aliphatic imine (C=N–C) groups is 1. The Morgan fingerprint density at radius 2 is 0.866 bits per heavy atom. The van der Waals surface area contributed by atoms with Gasteiger partial charge in [0, 0.05) is 56.3 Å². The largest absolute Gasteiger partial charge is 0.493 e. The zero-order valence-electron chi connectivity index (χ0n) is 82.3. The summed E-state index contributed by atoms with van der Waals surface area (Å²) < 4.78 is 50.5. The highest BCUT2D eigenvalue weighted by Crippen LogP contribution is 2.42. The molecule has 18 rings (SSSR count). The quantitative estimate of drug-likeness (QED) is 0.153. The molecule has 3 aromatic heterocycles. The molecule has 0 saturated carbocycles. The van der Waals surface area contributed by atoms with Crippen LogP contribution >= 0.6 is 0 Å². The number of ether oxygens (including phenoxy) is 7. The van der Waals surface area contributed by atoms with Crippen molar-refractivity contribution in [2.45, 2.75) is 294 Å². The number of benzene rings is 9. The fraction of sp³-hybridized carbons (Fsp3) is 0.468. The Labute approximate surface area is 758 Å². The number of aryl methyl sites for hydroxylation is 2. The van der Waals surface area contributed by atoms with E-state index in [1.165, 1.54) is 90.7 Å². The minimum absolute atomic E-state index is 0.0428. The van der Waals surface area contributed by atoms with E-state index in [-0.39, 0.29) is 54.5 Å². The molecule has 0 bridgehead atoms. The third kappa shape index (κ3) is 26.4. The van der Waals surface area contributed by atoms with Crippen LogP contribution < -0.4 is 23.7 Å². The van der Waals surface area contributed by atoms with Crippen LogP contribution in [0.15, 0.2) is 190 Å². The van der Waals surface area contributed by atoms with Crippen LogP contribution in [0.2, 0.25) is 0 Å². The van der Waals surface area contributed by atoms with Gasteiger partial charge in [0.15, 0.2) is 28.7 Å². The maximum Gasteiger partial charge on any atom is 0.198 e. The molecular weight excluding hydrogens is 1580 g/mol. The minimum Gasteiger partial charge on any atom is -0.493 e. The molecule has 6 aliphatic rings. The lowest BCUT2D eigenvalue weighted by molar-refractivity contribution is -0.209. The predicted molar refractivity (Wildman–Crippen MR) is 521 cm³/mol. The normalized spacial score (nSPS) is 15.6. The predicted octanol–water partition coefficient (Wildman–Crippen LogP) is 27.3. The lowest BCUT2D eigenvalue weighted by Crippen LogP contribution is -2.34. The number of aliphatic hydroxyl groups is 1. The summed E-state index contributed by atoms with van der Waals surface area (Å²) >= 11 is 0. The zero-order valence-corrected chi connectivity index (χ0v) is 82.3. The first kappa shape index (κ1) is 98.8. The summed E-state index contributed by atoms with van der Waals surface area (Å²) in [6.45, 7) is 68.2. The highest BCUT2D eigenvalue weighted by molar-refractivity contribution is 6.00.